The zero-order valence-electron chi connectivity index (χ0n) is 8.85. The van der Waals surface area contributed by atoms with Gasteiger partial charge in [-0.05, 0) is 25.2 Å². The Kier molecular flexibility index (Phi) is 2.54. The van der Waals surface area contributed by atoms with Crippen LogP contribution in [0.2, 0.25) is 0 Å². The maximum atomic E-state index is 5.97. The number of aromatic nitrogens is 3. The number of nitrogens with zero attached hydrogens (tertiary/aromatic N) is 3. The van der Waals surface area contributed by atoms with E-state index < -0.39 is 0 Å². The molecule has 1 fully saturated rings. The monoisotopic (exact) mass is 194 g/mol. The van der Waals surface area contributed by atoms with Gasteiger partial charge in [0, 0.05) is 19.0 Å². The Labute approximate surface area is 84.5 Å². The van der Waals surface area contributed by atoms with E-state index in [0.29, 0.717) is 17.9 Å². The molecule has 1 aliphatic rings. The van der Waals surface area contributed by atoms with Crippen LogP contribution in [0.1, 0.15) is 37.9 Å². The largest absolute Gasteiger partial charge is 0.328 e. The maximum Gasteiger partial charge on any atom is 0.153 e. The Balaban J connectivity index is 2.15. The number of nitrogens with two attached hydrogens (primary N) is 1. The van der Waals surface area contributed by atoms with Crippen molar-refractivity contribution < 1.29 is 0 Å². The summed E-state index contributed by atoms with van der Waals surface area (Å²) in [4.78, 5) is 4.32. The summed E-state index contributed by atoms with van der Waals surface area (Å²) in [7, 11) is 1.91. The van der Waals surface area contributed by atoms with E-state index in [1.807, 2.05) is 7.05 Å². The first-order chi connectivity index (χ1) is 6.66. The van der Waals surface area contributed by atoms with Gasteiger partial charge < -0.3 is 5.73 Å². The molecule has 0 radical (unpaired) electrons. The number of hydrogen-bond acceptors (Lipinski definition) is 3. The molecular formula is C10H18N4. The van der Waals surface area contributed by atoms with Crippen LogP contribution < -0.4 is 5.73 Å². The summed E-state index contributed by atoms with van der Waals surface area (Å²) in [5.74, 6) is 2.09. The molecule has 0 bridgehead atoms. The number of aryl methyl sites for hydroxylation is 1. The highest BCUT2D eigenvalue weighted by molar-refractivity contribution is 5.00. The molecule has 1 saturated carbocycles. The summed E-state index contributed by atoms with van der Waals surface area (Å²) in [6.45, 7) is 2.27. The molecule has 2 rings (SSSR count). The molecule has 0 saturated heterocycles. The van der Waals surface area contributed by atoms with E-state index >= 15 is 0 Å². The molecule has 0 aliphatic heterocycles. The fourth-order valence-corrected chi connectivity index (χ4v) is 2.24. The average molecular weight is 194 g/mol. The number of rotatable bonds is 1. The van der Waals surface area contributed by atoms with Crippen LogP contribution in [0.5, 0.6) is 0 Å². The SMILES string of the molecule is CC1CCC(N)CC1c1ncn(C)n1. The van der Waals surface area contributed by atoms with Crippen LogP contribution in [-0.2, 0) is 7.05 Å². The van der Waals surface area contributed by atoms with E-state index in [1.165, 1.54) is 6.42 Å². The van der Waals surface area contributed by atoms with Gasteiger partial charge in [-0.1, -0.05) is 6.92 Å². The topological polar surface area (TPSA) is 56.7 Å². The Morgan fingerprint density at radius 3 is 2.93 bits per heavy atom. The van der Waals surface area contributed by atoms with Gasteiger partial charge >= 0.3 is 0 Å². The van der Waals surface area contributed by atoms with Gasteiger partial charge in [-0.3, -0.25) is 4.68 Å². The first-order valence-electron chi connectivity index (χ1n) is 5.28. The van der Waals surface area contributed by atoms with Crippen LogP contribution in [0.4, 0.5) is 0 Å². The fourth-order valence-electron chi connectivity index (χ4n) is 2.24. The molecule has 0 amide bonds. The van der Waals surface area contributed by atoms with Gasteiger partial charge in [0.2, 0.25) is 0 Å². The van der Waals surface area contributed by atoms with Gasteiger partial charge in [0.1, 0.15) is 6.33 Å². The second kappa shape index (κ2) is 3.69. The van der Waals surface area contributed by atoms with Crippen LogP contribution >= 0.6 is 0 Å². The van der Waals surface area contributed by atoms with Crippen molar-refractivity contribution in [3.05, 3.63) is 12.2 Å². The smallest absolute Gasteiger partial charge is 0.153 e. The van der Waals surface area contributed by atoms with E-state index in [2.05, 4.69) is 17.0 Å². The Morgan fingerprint density at radius 2 is 2.29 bits per heavy atom. The molecule has 1 aliphatic carbocycles. The maximum absolute atomic E-state index is 5.97. The molecule has 14 heavy (non-hydrogen) atoms. The summed E-state index contributed by atoms with van der Waals surface area (Å²) in [6, 6.07) is 0.333. The molecule has 3 unspecified atom stereocenters. The second-order valence-corrected chi connectivity index (χ2v) is 4.43. The van der Waals surface area contributed by atoms with E-state index in [9.17, 15) is 0 Å². The van der Waals surface area contributed by atoms with E-state index in [4.69, 9.17) is 5.73 Å². The molecule has 0 aromatic carbocycles. The predicted octanol–water partition coefficient (Wildman–Crippen LogP) is 1.05. The summed E-state index contributed by atoms with van der Waals surface area (Å²) in [6.07, 6.45) is 5.14. The third-order valence-corrected chi connectivity index (χ3v) is 3.19. The van der Waals surface area contributed by atoms with Crippen LogP contribution in [0, 0.1) is 5.92 Å². The van der Waals surface area contributed by atoms with Gasteiger partial charge in [0.25, 0.3) is 0 Å². The highest BCUT2D eigenvalue weighted by atomic mass is 15.3. The summed E-state index contributed by atoms with van der Waals surface area (Å²) in [5.41, 5.74) is 5.97. The van der Waals surface area contributed by atoms with Gasteiger partial charge in [-0.2, -0.15) is 5.10 Å². The lowest BCUT2D eigenvalue weighted by atomic mass is 9.78. The van der Waals surface area contributed by atoms with Gasteiger partial charge in [-0.25, -0.2) is 4.98 Å². The standard InChI is InChI=1S/C10H18N4/c1-7-3-4-8(11)5-9(7)10-12-6-14(2)13-10/h6-9H,3-5,11H2,1-2H3. The molecule has 4 heteroatoms. The Morgan fingerprint density at radius 1 is 1.50 bits per heavy atom. The van der Waals surface area contributed by atoms with E-state index in [0.717, 1.165) is 18.7 Å². The average Bonchev–Trinajstić information content (AvgIpc) is 2.56. The molecule has 1 heterocycles. The van der Waals surface area contributed by atoms with Crippen LogP contribution in [0.15, 0.2) is 6.33 Å². The molecular weight excluding hydrogens is 176 g/mol. The Hall–Kier alpha value is -0.900. The minimum absolute atomic E-state index is 0.333. The van der Waals surface area contributed by atoms with Crippen molar-refractivity contribution in [1.82, 2.24) is 14.8 Å². The minimum atomic E-state index is 0.333. The van der Waals surface area contributed by atoms with Crippen molar-refractivity contribution in [1.29, 1.82) is 0 Å². The number of hydrogen-bond donors (Lipinski definition) is 1. The van der Waals surface area contributed by atoms with Crippen LogP contribution in [0.3, 0.4) is 0 Å². The molecule has 78 valence electrons. The summed E-state index contributed by atoms with van der Waals surface area (Å²) >= 11 is 0. The zero-order chi connectivity index (χ0) is 10.1. The highest BCUT2D eigenvalue weighted by Gasteiger charge is 2.29. The van der Waals surface area contributed by atoms with Gasteiger partial charge in [0.15, 0.2) is 5.82 Å². The third kappa shape index (κ3) is 1.80. The summed E-state index contributed by atoms with van der Waals surface area (Å²) in [5, 5.41) is 4.37. The first-order valence-corrected chi connectivity index (χ1v) is 5.28. The van der Waals surface area contributed by atoms with Gasteiger partial charge in [-0.15, -0.1) is 0 Å². The molecule has 1 aromatic rings. The normalized spacial score (nSPS) is 33.2. The van der Waals surface area contributed by atoms with Crippen LogP contribution in [0.25, 0.3) is 0 Å². The molecule has 2 N–H and O–H groups in total. The van der Waals surface area contributed by atoms with Crippen molar-refractivity contribution in [2.24, 2.45) is 18.7 Å². The molecule has 3 atom stereocenters. The van der Waals surface area contributed by atoms with E-state index in [-0.39, 0.29) is 0 Å². The summed E-state index contributed by atoms with van der Waals surface area (Å²) < 4.78 is 1.77. The molecule has 4 nitrogen and oxygen atoms in total. The van der Waals surface area contributed by atoms with Crippen LogP contribution in [-0.4, -0.2) is 20.8 Å². The lowest BCUT2D eigenvalue weighted by molar-refractivity contribution is 0.290. The third-order valence-electron chi connectivity index (χ3n) is 3.19. The highest BCUT2D eigenvalue weighted by Crippen LogP contribution is 2.35. The fraction of sp³-hybridized carbons (Fsp3) is 0.800. The zero-order valence-corrected chi connectivity index (χ0v) is 8.85. The Bertz CT molecular complexity index is 307. The lowest BCUT2D eigenvalue weighted by Gasteiger charge is -2.30. The lowest BCUT2D eigenvalue weighted by Crippen LogP contribution is -2.31. The van der Waals surface area contributed by atoms with E-state index in [1.54, 1.807) is 11.0 Å². The molecule has 0 spiro atoms. The predicted molar refractivity (Wildman–Crippen MR) is 54.7 cm³/mol. The first kappa shape index (κ1) is 9.65. The molecule has 1 aromatic heterocycles. The van der Waals surface area contributed by atoms with Crippen molar-refractivity contribution in [3.63, 3.8) is 0 Å². The second-order valence-electron chi connectivity index (χ2n) is 4.43. The van der Waals surface area contributed by atoms with Crippen molar-refractivity contribution in [3.8, 4) is 0 Å². The van der Waals surface area contributed by atoms with Crippen molar-refractivity contribution in [2.45, 2.75) is 38.1 Å². The quantitative estimate of drug-likeness (QED) is 0.727. The van der Waals surface area contributed by atoms with Crippen molar-refractivity contribution in [2.75, 3.05) is 0 Å². The van der Waals surface area contributed by atoms with Gasteiger partial charge in [0.05, 0.1) is 0 Å². The van der Waals surface area contributed by atoms with Crippen molar-refractivity contribution >= 4 is 0 Å². The minimum Gasteiger partial charge on any atom is -0.328 e.